The molecule has 0 amide bonds. The molecule has 0 aliphatic carbocycles. The lowest BCUT2D eigenvalue weighted by molar-refractivity contribution is 0.602. The van der Waals surface area contributed by atoms with Gasteiger partial charge in [-0.2, -0.15) is 5.10 Å². The molecule has 6 heteroatoms. The number of H-pyrrole nitrogens is 1. The number of anilines is 1. The van der Waals surface area contributed by atoms with E-state index in [1.807, 2.05) is 0 Å². The van der Waals surface area contributed by atoms with Gasteiger partial charge in [-0.05, 0) is 6.07 Å². The molecule has 1 heterocycles. The number of benzene rings is 1. The zero-order chi connectivity index (χ0) is 11.8. The highest BCUT2D eigenvalue weighted by molar-refractivity contribution is 7.90. The van der Waals surface area contributed by atoms with Gasteiger partial charge in [-0.1, -0.05) is 18.2 Å². The largest absolute Gasteiger partial charge is 0.396 e. The van der Waals surface area contributed by atoms with E-state index in [1.165, 1.54) is 12.5 Å². The van der Waals surface area contributed by atoms with Crippen LogP contribution in [0.25, 0.3) is 11.3 Å². The topological polar surface area (TPSA) is 88.8 Å². The first-order chi connectivity index (χ1) is 7.50. The molecule has 0 aliphatic rings. The Morgan fingerprint density at radius 2 is 2.00 bits per heavy atom. The summed E-state index contributed by atoms with van der Waals surface area (Å²) in [5, 5.41) is 6.47. The predicted molar refractivity (Wildman–Crippen MR) is 61.5 cm³/mol. The fourth-order valence-corrected chi connectivity index (χ4v) is 2.40. The first-order valence-electron chi connectivity index (χ1n) is 4.58. The lowest BCUT2D eigenvalue weighted by Crippen LogP contribution is -2.00. The molecule has 84 valence electrons. The third-order valence-electron chi connectivity index (χ3n) is 2.22. The Morgan fingerprint density at radius 1 is 1.31 bits per heavy atom. The SMILES string of the molecule is CS(=O)(=O)c1ccccc1-c1[nH]ncc1N. The molecule has 0 radical (unpaired) electrons. The van der Waals surface area contributed by atoms with E-state index in [9.17, 15) is 8.42 Å². The van der Waals surface area contributed by atoms with E-state index in [1.54, 1.807) is 24.3 Å². The van der Waals surface area contributed by atoms with Crippen LogP contribution in [0.4, 0.5) is 5.69 Å². The van der Waals surface area contributed by atoms with Gasteiger partial charge in [0.05, 0.1) is 22.5 Å². The van der Waals surface area contributed by atoms with Crippen LogP contribution in [-0.2, 0) is 9.84 Å². The van der Waals surface area contributed by atoms with E-state index in [2.05, 4.69) is 10.2 Å². The summed E-state index contributed by atoms with van der Waals surface area (Å²) in [6.07, 6.45) is 2.62. The van der Waals surface area contributed by atoms with Gasteiger partial charge in [0.2, 0.25) is 0 Å². The Balaban J connectivity index is 2.72. The average molecular weight is 237 g/mol. The molecule has 5 nitrogen and oxygen atoms in total. The first-order valence-corrected chi connectivity index (χ1v) is 6.47. The normalized spacial score (nSPS) is 11.6. The molecule has 2 rings (SSSR count). The van der Waals surface area contributed by atoms with E-state index in [-0.39, 0.29) is 4.90 Å². The van der Waals surface area contributed by atoms with Crippen LogP contribution in [0.15, 0.2) is 35.4 Å². The van der Waals surface area contributed by atoms with Crippen molar-refractivity contribution in [3.05, 3.63) is 30.5 Å². The summed E-state index contributed by atoms with van der Waals surface area (Å²) in [7, 11) is -3.28. The summed E-state index contributed by atoms with van der Waals surface area (Å²) in [4.78, 5) is 0.242. The molecule has 0 saturated carbocycles. The summed E-state index contributed by atoms with van der Waals surface area (Å²) in [5.74, 6) is 0. The van der Waals surface area contributed by atoms with E-state index >= 15 is 0 Å². The maximum absolute atomic E-state index is 11.6. The smallest absolute Gasteiger partial charge is 0.176 e. The highest BCUT2D eigenvalue weighted by Crippen LogP contribution is 2.29. The van der Waals surface area contributed by atoms with Gasteiger partial charge in [-0.25, -0.2) is 8.42 Å². The number of nitrogen functional groups attached to an aromatic ring is 1. The van der Waals surface area contributed by atoms with Crippen LogP contribution in [0.3, 0.4) is 0 Å². The summed E-state index contributed by atoms with van der Waals surface area (Å²) in [6.45, 7) is 0. The van der Waals surface area contributed by atoms with Crippen molar-refractivity contribution < 1.29 is 8.42 Å². The number of aromatic nitrogens is 2. The van der Waals surface area contributed by atoms with Gasteiger partial charge in [0.15, 0.2) is 9.84 Å². The van der Waals surface area contributed by atoms with Crippen molar-refractivity contribution in [1.29, 1.82) is 0 Å². The minimum Gasteiger partial charge on any atom is -0.396 e. The van der Waals surface area contributed by atoms with E-state index in [0.717, 1.165) is 0 Å². The van der Waals surface area contributed by atoms with Crippen LogP contribution in [-0.4, -0.2) is 24.9 Å². The van der Waals surface area contributed by atoms with Crippen LogP contribution >= 0.6 is 0 Å². The third-order valence-corrected chi connectivity index (χ3v) is 3.38. The number of hydrogen-bond donors (Lipinski definition) is 2. The standard InChI is InChI=1S/C10H11N3O2S/c1-16(14,15)9-5-3-2-4-7(9)10-8(11)6-12-13-10/h2-6H,11H2,1H3,(H,12,13). The van der Waals surface area contributed by atoms with E-state index < -0.39 is 9.84 Å². The minimum absolute atomic E-state index is 0.242. The second-order valence-corrected chi connectivity index (χ2v) is 5.45. The van der Waals surface area contributed by atoms with Crippen LogP contribution in [0, 0.1) is 0 Å². The van der Waals surface area contributed by atoms with Crippen molar-refractivity contribution in [3.63, 3.8) is 0 Å². The fourth-order valence-electron chi connectivity index (χ4n) is 1.51. The highest BCUT2D eigenvalue weighted by atomic mass is 32.2. The summed E-state index contributed by atoms with van der Waals surface area (Å²) in [5.41, 5.74) is 7.19. The number of rotatable bonds is 2. The van der Waals surface area contributed by atoms with E-state index in [4.69, 9.17) is 5.73 Å². The van der Waals surface area contributed by atoms with E-state index in [0.29, 0.717) is 16.9 Å². The first kappa shape index (κ1) is 10.7. The van der Waals surface area contributed by atoms with Crippen LogP contribution in [0.5, 0.6) is 0 Å². The molecule has 0 bridgehead atoms. The molecule has 16 heavy (non-hydrogen) atoms. The Kier molecular flexibility index (Phi) is 2.43. The molecule has 0 saturated heterocycles. The number of aromatic amines is 1. The van der Waals surface area contributed by atoms with Crippen molar-refractivity contribution in [3.8, 4) is 11.3 Å². The Bertz CT molecular complexity index is 616. The highest BCUT2D eigenvalue weighted by Gasteiger charge is 2.16. The number of hydrogen-bond acceptors (Lipinski definition) is 4. The van der Waals surface area contributed by atoms with Gasteiger partial charge in [-0.15, -0.1) is 0 Å². The molecular formula is C10H11N3O2S. The maximum atomic E-state index is 11.6. The Labute approximate surface area is 93.2 Å². The molecule has 2 aromatic rings. The monoisotopic (exact) mass is 237 g/mol. The van der Waals surface area contributed by atoms with Crippen molar-refractivity contribution >= 4 is 15.5 Å². The molecule has 0 unspecified atom stereocenters. The average Bonchev–Trinajstić information content (AvgIpc) is 2.63. The molecule has 1 aromatic heterocycles. The number of nitrogens with zero attached hydrogens (tertiary/aromatic N) is 1. The van der Waals surface area contributed by atoms with Crippen molar-refractivity contribution in [2.75, 3.05) is 12.0 Å². The van der Waals surface area contributed by atoms with Crippen LogP contribution in [0.2, 0.25) is 0 Å². The van der Waals surface area contributed by atoms with Gasteiger partial charge in [-0.3, -0.25) is 5.10 Å². The molecular weight excluding hydrogens is 226 g/mol. The number of nitrogens with two attached hydrogens (primary N) is 1. The predicted octanol–water partition coefficient (Wildman–Crippen LogP) is 1.06. The summed E-state index contributed by atoms with van der Waals surface area (Å²) >= 11 is 0. The third kappa shape index (κ3) is 1.79. The quantitative estimate of drug-likeness (QED) is 0.817. The Morgan fingerprint density at radius 3 is 2.56 bits per heavy atom. The zero-order valence-corrected chi connectivity index (χ0v) is 9.45. The lowest BCUT2D eigenvalue weighted by atomic mass is 10.1. The lowest BCUT2D eigenvalue weighted by Gasteiger charge is -2.06. The van der Waals surface area contributed by atoms with Crippen LogP contribution < -0.4 is 5.73 Å². The van der Waals surface area contributed by atoms with Crippen molar-refractivity contribution in [2.45, 2.75) is 4.90 Å². The van der Waals surface area contributed by atoms with Gasteiger partial charge in [0.1, 0.15) is 0 Å². The fraction of sp³-hybridized carbons (Fsp3) is 0.100. The van der Waals surface area contributed by atoms with Gasteiger partial charge in [0, 0.05) is 11.8 Å². The minimum atomic E-state index is -3.28. The van der Waals surface area contributed by atoms with Gasteiger partial charge in [0.25, 0.3) is 0 Å². The van der Waals surface area contributed by atoms with Crippen molar-refractivity contribution in [2.24, 2.45) is 0 Å². The maximum Gasteiger partial charge on any atom is 0.176 e. The molecule has 0 atom stereocenters. The molecule has 0 spiro atoms. The van der Waals surface area contributed by atoms with Crippen LogP contribution in [0.1, 0.15) is 0 Å². The summed E-state index contributed by atoms with van der Waals surface area (Å²) in [6, 6.07) is 6.67. The second-order valence-electron chi connectivity index (χ2n) is 3.47. The molecule has 0 aliphatic heterocycles. The Hall–Kier alpha value is -1.82. The van der Waals surface area contributed by atoms with Gasteiger partial charge < -0.3 is 5.73 Å². The number of sulfone groups is 1. The zero-order valence-electron chi connectivity index (χ0n) is 8.64. The molecule has 3 N–H and O–H groups in total. The van der Waals surface area contributed by atoms with Gasteiger partial charge >= 0.3 is 0 Å². The molecule has 1 aromatic carbocycles. The number of nitrogens with one attached hydrogen (secondary N) is 1. The molecule has 0 fully saturated rings. The summed E-state index contributed by atoms with van der Waals surface area (Å²) < 4.78 is 23.2. The van der Waals surface area contributed by atoms with Crippen molar-refractivity contribution in [1.82, 2.24) is 10.2 Å². The second kappa shape index (κ2) is 3.64.